The van der Waals surface area contributed by atoms with Gasteiger partial charge in [0, 0.05) is 18.0 Å². The van der Waals surface area contributed by atoms with Crippen LogP contribution < -0.4 is 14.8 Å². The smallest absolute Gasteiger partial charge is 0.164 e. The number of ether oxygens (including phenoxy) is 2. The number of anilines is 2. The minimum Gasteiger partial charge on any atom is -0.486 e. The summed E-state index contributed by atoms with van der Waals surface area (Å²) in [5.74, 6) is 1.49. The fourth-order valence-corrected chi connectivity index (χ4v) is 4.38. The van der Waals surface area contributed by atoms with Crippen LogP contribution in [0.15, 0.2) is 41.1 Å². The molecule has 3 heterocycles. The minimum absolute atomic E-state index is 0.00301. The third kappa shape index (κ3) is 3.94. The van der Waals surface area contributed by atoms with Gasteiger partial charge in [-0.05, 0) is 60.1 Å². The molecule has 8 heteroatoms. The first kappa shape index (κ1) is 19.5. The van der Waals surface area contributed by atoms with Gasteiger partial charge in [-0.25, -0.2) is 14.4 Å². The van der Waals surface area contributed by atoms with Crippen molar-refractivity contribution in [2.75, 3.05) is 31.6 Å². The summed E-state index contributed by atoms with van der Waals surface area (Å²) >= 11 is 3.21. The number of aromatic nitrogens is 2. The van der Waals surface area contributed by atoms with E-state index in [2.05, 4.69) is 36.1 Å². The summed E-state index contributed by atoms with van der Waals surface area (Å²) in [6, 6.07) is 8.81. The average Bonchev–Trinajstić information content (AvgIpc) is 2.76. The highest BCUT2D eigenvalue weighted by atomic mass is 79.9. The summed E-state index contributed by atoms with van der Waals surface area (Å²) in [5, 5.41) is 3.81. The molecule has 2 aliphatic rings. The van der Waals surface area contributed by atoms with E-state index in [1.807, 2.05) is 12.1 Å². The Hall–Kier alpha value is -2.45. The Morgan fingerprint density at radius 2 is 2.00 bits per heavy atom. The second kappa shape index (κ2) is 8.35. The lowest BCUT2D eigenvalue weighted by Gasteiger charge is -2.33. The predicted octanol–water partition coefficient (Wildman–Crippen LogP) is 4.90. The van der Waals surface area contributed by atoms with Crippen molar-refractivity contribution in [2.45, 2.75) is 25.4 Å². The number of piperidine rings is 1. The summed E-state index contributed by atoms with van der Waals surface area (Å²) < 4.78 is 27.0. The van der Waals surface area contributed by atoms with Crippen molar-refractivity contribution >= 4 is 38.3 Å². The molecule has 156 valence electrons. The first-order valence-corrected chi connectivity index (χ1v) is 11.0. The van der Waals surface area contributed by atoms with Gasteiger partial charge in [-0.2, -0.15) is 0 Å². The molecule has 2 aromatic carbocycles. The summed E-state index contributed by atoms with van der Waals surface area (Å²) in [4.78, 5) is 11.1. The SMILES string of the molecule is Fc1c(Br)cccc1Nc1ncnc2cc3c(cc12)OCC(CN1CCCCC1)O3. The van der Waals surface area contributed by atoms with Crippen LogP contribution in [0.5, 0.6) is 11.5 Å². The first-order valence-electron chi connectivity index (χ1n) is 10.2. The van der Waals surface area contributed by atoms with E-state index in [0.717, 1.165) is 25.0 Å². The van der Waals surface area contributed by atoms with Gasteiger partial charge in [-0.15, -0.1) is 0 Å². The fourth-order valence-electron chi connectivity index (χ4n) is 4.01. The van der Waals surface area contributed by atoms with Crippen LogP contribution in [-0.2, 0) is 0 Å². The van der Waals surface area contributed by atoms with Gasteiger partial charge in [0.15, 0.2) is 17.3 Å². The topological polar surface area (TPSA) is 59.5 Å². The molecule has 3 aromatic rings. The highest BCUT2D eigenvalue weighted by Crippen LogP contribution is 2.38. The normalized spacial score (nSPS) is 19.1. The minimum atomic E-state index is -0.373. The van der Waals surface area contributed by atoms with E-state index >= 15 is 0 Å². The lowest BCUT2D eigenvalue weighted by Crippen LogP contribution is -2.42. The Bertz CT molecular complexity index is 1070. The highest BCUT2D eigenvalue weighted by Gasteiger charge is 2.25. The molecule has 1 unspecified atom stereocenters. The number of likely N-dealkylation sites (tertiary alicyclic amines) is 1. The number of benzene rings is 2. The number of nitrogens with zero attached hydrogens (tertiary/aromatic N) is 3. The van der Waals surface area contributed by atoms with Crippen LogP contribution >= 0.6 is 15.9 Å². The molecular formula is C22H22BrFN4O2. The summed E-state index contributed by atoms with van der Waals surface area (Å²) in [6.45, 7) is 3.62. The van der Waals surface area contributed by atoms with Crippen LogP contribution in [0.4, 0.5) is 15.9 Å². The van der Waals surface area contributed by atoms with Gasteiger partial charge in [-0.3, -0.25) is 4.90 Å². The molecule has 0 radical (unpaired) electrons. The van der Waals surface area contributed by atoms with Crippen LogP contribution in [0.3, 0.4) is 0 Å². The maximum Gasteiger partial charge on any atom is 0.164 e. The van der Waals surface area contributed by atoms with Crippen molar-refractivity contribution in [3.63, 3.8) is 0 Å². The Balaban J connectivity index is 1.40. The molecule has 1 atom stereocenters. The molecular weight excluding hydrogens is 451 g/mol. The van der Waals surface area contributed by atoms with Gasteiger partial charge in [0.1, 0.15) is 24.9 Å². The van der Waals surface area contributed by atoms with E-state index in [9.17, 15) is 4.39 Å². The van der Waals surface area contributed by atoms with E-state index in [1.165, 1.54) is 25.6 Å². The molecule has 1 saturated heterocycles. The second-order valence-electron chi connectivity index (χ2n) is 7.68. The Morgan fingerprint density at radius 1 is 1.13 bits per heavy atom. The number of nitrogens with one attached hydrogen (secondary N) is 1. The molecule has 1 N–H and O–H groups in total. The van der Waals surface area contributed by atoms with Gasteiger partial charge in [-0.1, -0.05) is 12.5 Å². The van der Waals surface area contributed by atoms with Gasteiger partial charge in [0.25, 0.3) is 0 Å². The lowest BCUT2D eigenvalue weighted by atomic mass is 10.1. The van der Waals surface area contributed by atoms with Crippen molar-refractivity contribution in [3.05, 3.63) is 46.9 Å². The Kier molecular flexibility index (Phi) is 5.43. The molecule has 6 nitrogen and oxygen atoms in total. The van der Waals surface area contributed by atoms with Crippen LogP contribution in [0.1, 0.15) is 19.3 Å². The van der Waals surface area contributed by atoms with E-state index in [4.69, 9.17) is 9.47 Å². The molecule has 30 heavy (non-hydrogen) atoms. The lowest BCUT2D eigenvalue weighted by molar-refractivity contribution is 0.0535. The van der Waals surface area contributed by atoms with Crippen LogP contribution in [-0.4, -0.2) is 47.2 Å². The van der Waals surface area contributed by atoms with Crippen molar-refractivity contribution < 1.29 is 13.9 Å². The third-order valence-electron chi connectivity index (χ3n) is 5.53. The number of fused-ring (bicyclic) bond motifs is 2. The number of hydrogen-bond donors (Lipinski definition) is 1. The van der Waals surface area contributed by atoms with Crippen molar-refractivity contribution in [1.29, 1.82) is 0 Å². The Morgan fingerprint density at radius 3 is 2.87 bits per heavy atom. The molecule has 2 aliphatic heterocycles. The maximum absolute atomic E-state index is 14.4. The van der Waals surface area contributed by atoms with E-state index in [-0.39, 0.29) is 11.9 Å². The molecule has 0 saturated carbocycles. The van der Waals surface area contributed by atoms with E-state index in [1.54, 1.807) is 18.2 Å². The maximum atomic E-state index is 14.4. The molecule has 1 fully saturated rings. The van der Waals surface area contributed by atoms with Gasteiger partial charge in [0.2, 0.25) is 0 Å². The van der Waals surface area contributed by atoms with Crippen molar-refractivity contribution in [1.82, 2.24) is 14.9 Å². The predicted molar refractivity (Wildman–Crippen MR) is 117 cm³/mol. The molecule has 1 aromatic heterocycles. The molecule has 0 bridgehead atoms. The number of rotatable bonds is 4. The number of halogens is 2. The summed E-state index contributed by atoms with van der Waals surface area (Å²) in [5.41, 5.74) is 1.05. The zero-order valence-electron chi connectivity index (χ0n) is 16.4. The molecule has 5 rings (SSSR count). The third-order valence-corrected chi connectivity index (χ3v) is 6.15. The van der Waals surface area contributed by atoms with Crippen LogP contribution in [0.2, 0.25) is 0 Å². The van der Waals surface area contributed by atoms with Crippen LogP contribution in [0.25, 0.3) is 10.9 Å². The Labute approximate surface area is 182 Å². The van der Waals surface area contributed by atoms with Crippen molar-refractivity contribution in [2.24, 2.45) is 0 Å². The van der Waals surface area contributed by atoms with Crippen LogP contribution in [0, 0.1) is 5.82 Å². The van der Waals surface area contributed by atoms with Gasteiger partial charge in [0.05, 0.1) is 15.7 Å². The quantitative estimate of drug-likeness (QED) is 0.582. The highest BCUT2D eigenvalue weighted by molar-refractivity contribution is 9.10. The molecule has 0 aliphatic carbocycles. The summed E-state index contributed by atoms with van der Waals surface area (Å²) in [7, 11) is 0. The zero-order chi connectivity index (χ0) is 20.5. The number of hydrogen-bond acceptors (Lipinski definition) is 6. The summed E-state index contributed by atoms with van der Waals surface area (Å²) in [6.07, 6.45) is 5.28. The zero-order valence-corrected chi connectivity index (χ0v) is 18.0. The second-order valence-corrected chi connectivity index (χ2v) is 8.53. The largest absolute Gasteiger partial charge is 0.486 e. The van der Waals surface area contributed by atoms with Gasteiger partial charge >= 0.3 is 0 Å². The first-order chi connectivity index (χ1) is 14.7. The van der Waals surface area contributed by atoms with Crippen molar-refractivity contribution in [3.8, 4) is 11.5 Å². The molecule has 0 amide bonds. The molecule has 0 spiro atoms. The van der Waals surface area contributed by atoms with Gasteiger partial charge < -0.3 is 14.8 Å². The van der Waals surface area contributed by atoms with E-state index in [0.29, 0.717) is 39.6 Å². The fraction of sp³-hybridized carbons (Fsp3) is 0.364. The standard InChI is InChI=1S/C22H22BrFN4O2/c23-16-5-4-6-17(21(16)24)27-22-15-9-19-20(10-18(15)25-13-26-22)30-14(12-29-19)11-28-7-2-1-3-8-28/h4-6,9-10,13-14H,1-3,7-8,11-12H2,(H,25,26,27). The monoisotopic (exact) mass is 472 g/mol. The average molecular weight is 473 g/mol. The van der Waals surface area contributed by atoms with E-state index < -0.39 is 0 Å².